The largest absolute Gasteiger partial charge is 0.370 e. The van der Waals surface area contributed by atoms with Gasteiger partial charge in [0.25, 0.3) is 0 Å². The van der Waals surface area contributed by atoms with Gasteiger partial charge >= 0.3 is 5.97 Å². The first-order valence-corrected chi connectivity index (χ1v) is 6.11. The molecule has 0 saturated carbocycles. The molecule has 0 aliphatic rings. The molecule has 0 fully saturated rings. The van der Waals surface area contributed by atoms with Gasteiger partial charge in [-0.1, -0.05) is 17.8 Å². The molecule has 2 aromatic heterocycles. The summed E-state index contributed by atoms with van der Waals surface area (Å²) in [6, 6.07) is 5.21. The number of rotatable bonds is 4. The van der Waals surface area contributed by atoms with Crippen LogP contribution in [0.25, 0.3) is 0 Å². The van der Waals surface area contributed by atoms with Crippen molar-refractivity contribution in [3.05, 3.63) is 52.8 Å². The van der Waals surface area contributed by atoms with Crippen LogP contribution in [-0.2, 0) is 4.84 Å². The van der Waals surface area contributed by atoms with E-state index in [0.29, 0.717) is 4.90 Å². The molecule has 0 spiro atoms. The Balaban J connectivity index is 2.33. The van der Waals surface area contributed by atoms with Gasteiger partial charge in [0.15, 0.2) is 5.34 Å². The highest BCUT2D eigenvalue weighted by atomic mass is 32.2. The highest BCUT2D eigenvalue weighted by Gasteiger charge is 2.15. The van der Waals surface area contributed by atoms with E-state index in [1.165, 1.54) is 30.2 Å². The lowest BCUT2D eigenvalue weighted by Crippen LogP contribution is -2.02. The number of hydrogen-bond acceptors (Lipinski definition) is 7. The first-order chi connectivity index (χ1) is 9.22. The van der Waals surface area contributed by atoms with Gasteiger partial charge in [-0.15, -0.1) is 4.91 Å². The molecule has 0 aromatic carbocycles. The van der Waals surface area contributed by atoms with Crippen LogP contribution in [0.3, 0.4) is 0 Å². The molecule has 0 radical (unpaired) electrons. The van der Waals surface area contributed by atoms with E-state index in [-0.39, 0.29) is 5.56 Å². The number of pyridine rings is 2. The Hall–Kier alpha value is -2.28. The normalized spacial score (nSPS) is 9.95. The van der Waals surface area contributed by atoms with Crippen LogP contribution in [0.15, 0.2) is 52.1 Å². The Morgan fingerprint density at radius 3 is 2.95 bits per heavy atom. The second-order valence-electron chi connectivity index (χ2n) is 3.55. The standard InChI is InChI=1S/C12H9N3O3S/c1-8-3-2-5-14-11(8)19-10-7-13-6-4-9(10)12(16)18-15-17/h2-7H,1H3. The van der Waals surface area contributed by atoms with Crippen molar-refractivity contribution in [2.24, 2.45) is 5.34 Å². The number of carbonyl (C=O) groups excluding carboxylic acids is 1. The van der Waals surface area contributed by atoms with Crippen molar-refractivity contribution in [2.45, 2.75) is 16.8 Å². The van der Waals surface area contributed by atoms with Crippen molar-refractivity contribution >= 4 is 17.7 Å². The van der Waals surface area contributed by atoms with Crippen LogP contribution >= 0.6 is 11.8 Å². The molecule has 2 rings (SSSR count). The molecular formula is C12H9N3O3S. The maximum absolute atomic E-state index is 11.6. The molecule has 2 aromatic rings. The summed E-state index contributed by atoms with van der Waals surface area (Å²) < 4.78 is 0. The van der Waals surface area contributed by atoms with Crippen LogP contribution in [-0.4, -0.2) is 15.9 Å². The minimum atomic E-state index is -0.812. The average molecular weight is 275 g/mol. The zero-order valence-electron chi connectivity index (χ0n) is 9.94. The van der Waals surface area contributed by atoms with Gasteiger partial charge in [-0.3, -0.25) is 9.82 Å². The molecule has 96 valence electrons. The lowest BCUT2D eigenvalue weighted by molar-refractivity contribution is 0.0504. The van der Waals surface area contributed by atoms with Crippen molar-refractivity contribution < 1.29 is 9.63 Å². The Morgan fingerprint density at radius 2 is 2.21 bits per heavy atom. The Morgan fingerprint density at radius 1 is 1.37 bits per heavy atom. The van der Waals surface area contributed by atoms with Gasteiger partial charge in [0.1, 0.15) is 5.03 Å². The number of nitrogens with zero attached hydrogens (tertiary/aromatic N) is 3. The summed E-state index contributed by atoms with van der Waals surface area (Å²) in [6.07, 6.45) is 4.62. The zero-order chi connectivity index (χ0) is 13.7. The molecule has 0 aliphatic heterocycles. The smallest absolute Gasteiger partial charge is 0.279 e. The fraction of sp³-hybridized carbons (Fsp3) is 0.0833. The van der Waals surface area contributed by atoms with Gasteiger partial charge in [0.2, 0.25) is 0 Å². The predicted octanol–water partition coefficient (Wildman–Crippen LogP) is 2.77. The van der Waals surface area contributed by atoms with Crippen molar-refractivity contribution in [3.8, 4) is 0 Å². The first kappa shape index (κ1) is 13.2. The van der Waals surface area contributed by atoms with Crippen LogP contribution in [0.2, 0.25) is 0 Å². The summed E-state index contributed by atoms with van der Waals surface area (Å²) >= 11 is 1.28. The molecule has 0 atom stereocenters. The van der Waals surface area contributed by atoms with E-state index in [0.717, 1.165) is 10.6 Å². The molecule has 0 saturated heterocycles. The number of aryl methyl sites for hydroxylation is 1. The lowest BCUT2D eigenvalue weighted by Gasteiger charge is -2.06. The van der Waals surface area contributed by atoms with Gasteiger partial charge in [0, 0.05) is 23.5 Å². The molecule has 6 nitrogen and oxygen atoms in total. The van der Waals surface area contributed by atoms with E-state index in [2.05, 4.69) is 20.1 Å². The second-order valence-corrected chi connectivity index (χ2v) is 4.58. The molecule has 0 amide bonds. The molecule has 0 aliphatic carbocycles. The highest BCUT2D eigenvalue weighted by molar-refractivity contribution is 7.99. The summed E-state index contributed by atoms with van der Waals surface area (Å²) in [5, 5.41) is 2.89. The van der Waals surface area contributed by atoms with Gasteiger partial charge < -0.3 is 0 Å². The van der Waals surface area contributed by atoms with E-state index in [4.69, 9.17) is 0 Å². The minimum absolute atomic E-state index is 0.227. The van der Waals surface area contributed by atoms with Crippen LogP contribution < -0.4 is 0 Å². The van der Waals surface area contributed by atoms with Gasteiger partial charge in [-0.2, -0.15) is 0 Å². The quantitative estimate of drug-likeness (QED) is 0.630. The third kappa shape index (κ3) is 3.14. The number of aromatic nitrogens is 2. The molecule has 19 heavy (non-hydrogen) atoms. The third-order valence-electron chi connectivity index (χ3n) is 2.29. The maximum Gasteiger partial charge on any atom is 0.370 e. The average Bonchev–Trinajstić information content (AvgIpc) is 2.42. The number of hydrogen-bond donors (Lipinski definition) is 0. The van der Waals surface area contributed by atoms with Crippen molar-refractivity contribution in [3.63, 3.8) is 0 Å². The molecule has 0 unspecified atom stereocenters. The van der Waals surface area contributed by atoms with Crippen molar-refractivity contribution in [1.82, 2.24) is 9.97 Å². The second kappa shape index (κ2) is 6.05. The van der Waals surface area contributed by atoms with E-state index < -0.39 is 5.97 Å². The van der Waals surface area contributed by atoms with E-state index in [9.17, 15) is 9.70 Å². The molecule has 2 heterocycles. The molecule has 0 N–H and O–H groups in total. The molecule has 7 heteroatoms. The maximum atomic E-state index is 11.6. The topological polar surface area (TPSA) is 81.5 Å². The monoisotopic (exact) mass is 275 g/mol. The van der Waals surface area contributed by atoms with Gasteiger partial charge in [0.05, 0.1) is 5.56 Å². The fourth-order valence-corrected chi connectivity index (χ4v) is 2.32. The summed E-state index contributed by atoms with van der Waals surface area (Å²) in [7, 11) is 0. The lowest BCUT2D eigenvalue weighted by atomic mass is 10.3. The highest BCUT2D eigenvalue weighted by Crippen LogP contribution is 2.30. The Kier molecular flexibility index (Phi) is 4.19. The van der Waals surface area contributed by atoms with Crippen LogP contribution in [0.1, 0.15) is 15.9 Å². The summed E-state index contributed by atoms with van der Waals surface area (Å²) in [6.45, 7) is 1.91. The fourth-order valence-electron chi connectivity index (χ4n) is 1.40. The van der Waals surface area contributed by atoms with Crippen LogP contribution in [0.4, 0.5) is 0 Å². The van der Waals surface area contributed by atoms with E-state index in [1.807, 2.05) is 19.1 Å². The molecule has 0 bridgehead atoms. The Labute approximate surface area is 113 Å². The van der Waals surface area contributed by atoms with Crippen molar-refractivity contribution in [1.29, 1.82) is 0 Å². The number of carbonyl (C=O) groups is 1. The van der Waals surface area contributed by atoms with Gasteiger partial charge in [-0.05, 0) is 24.6 Å². The van der Waals surface area contributed by atoms with Crippen LogP contribution in [0.5, 0.6) is 0 Å². The SMILES string of the molecule is Cc1cccnc1Sc1cnccc1C(=O)ON=O. The predicted molar refractivity (Wildman–Crippen MR) is 68.5 cm³/mol. The van der Waals surface area contributed by atoms with E-state index >= 15 is 0 Å². The Bertz CT molecular complexity index is 619. The summed E-state index contributed by atoms with van der Waals surface area (Å²) in [4.78, 5) is 34.4. The summed E-state index contributed by atoms with van der Waals surface area (Å²) in [5.74, 6) is -0.812. The van der Waals surface area contributed by atoms with Crippen LogP contribution in [0, 0.1) is 11.8 Å². The van der Waals surface area contributed by atoms with Crippen molar-refractivity contribution in [2.75, 3.05) is 0 Å². The van der Waals surface area contributed by atoms with Gasteiger partial charge in [-0.25, -0.2) is 9.78 Å². The van der Waals surface area contributed by atoms with E-state index in [1.54, 1.807) is 6.20 Å². The minimum Gasteiger partial charge on any atom is -0.279 e. The summed E-state index contributed by atoms with van der Waals surface area (Å²) in [5.41, 5.74) is 1.20. The first-order valence-electron chi connectivity index (χ1n) is 5.30. The zero-order valence-corrected chi connectivity index (χ0v) is 10.8. The third-order valence-corrected chi connectivity index (χ3v) is 3.46. The molecular weight excluding hydrogens is 266 g/mol.